The fourth-order valence-electron chi connectivity index (χ4n) is 1.27. The molecule has 15 heavy (non-hydrogen) atoms. The second-order valence-electron chi connectivity index (χ2n) is 2.87. The minimum absolute atomic E-state index is 0.246. The fourth-order valence-corrected chi connectivity index (χ4v) is 1.52. The van der Waals surface area contributed by atoms with Gasteiger partial charge in [0.2, 0.25) is 0 Å². The normalized spacial score (nSPS) is 10.7. The summed E-state index contributed by atoms with van der Waals surface area (Å²) in [6.07, 6.45) is 1.26. The minimum Gasteiger partial charge on any atom is -0.480 e. The average Bonchev–Trinajstić information content (AvgIpc) is 2.45. The molecule has 2 aromatic heterocycles. The van der Waals surface area contributed by atoms with Crippen LogP contribution in [0.1, 0.15) is 0 Å². The molecule has 0 saturated heterocycles. The molecule has 2 aromatic rings. The summed E-state index contributed by atoms with van der Waals surface area (Å²) in [5.74, 6) is -0.751. The van der Waals surface area contributed by atoms with Crippen molar-refractivity contribution in [3.05, 3.63) is 11.1 Å². The van der Waals surface area contributed by atoms with E-state index in [1.54, 1.807) is 0 Å². The smallest absolute Gasteiger partial charge is 0.323 e. The maximum atomic E-state index is 10.6. The molecule has 0 amide bonds. The lowest BCUT2D eigenvalue weighted by molar-refractivity contribution is -0.137. The second kappa shape index (κ2) is 3.31. The zero-order valence-electron chi connectivity index (χ0n) is 7.47. The Hall–Kier alpha value is -1.96. The van der Waals surface area contributed by atoms with Crippen LogP contribution < -0.4 is 5.73 Å². The van der Waals surface area contributed by atoms with Crippen molar-refractivity contribution in [2.45, 2.75) is 6.54 Å². The molecular formula is C7H7N5O2S. The van der Waals surface area contributed by atoms with Gasteiger partial charge in [-0.05, 0) is 12.2 Å². The molecule has 0 bridgehead atoms. The molecular weight excluding hydrogens is 218 g/mol. The van der Waals surface area contributed by atoms with Crippen LogP contribution >= 0.6 is 12.2 Å². The summed E-state index contributed by atoms with van der Waals surface area (Å²) in [4.78, 5) is 21.1. The quantitative estimate of drug-likeness (QED) is 0.628. The van der Waals surface area contributed by atoms with E-state index >= 15 is 0 Å². The van der Waals surface area contributed by atoms with Gasteiger partial charge in [-0.3, -0.25) is 9.36 Å². The molecule has 0 fully saturated rings. The van der Waals surface area contributed by atoms with E-state index in [0.29, 0.717) is 11.2 Å². The second-order valence-corrected chi connectivity index (χ2v) is 3.25. The number of H-pyrrole nitrogens is 1. The molecule has 0 spiro atoms. The van der Waals surface area contributed by atoms with E-state index in [0.717, 1.165) is 0 Å². The SMILES string of the molecule is Nc1ncnc2c1[nH]c(=S)n2CC(=O)O. The summed E-state index contributed by atoms with van der Waals surface area (Å²) in [6, 6.07) is 0. The van der Waals surface area contributed by atoms with Gasteiger partial charge in [0.1, 0.15) is 18.4 Å². The van der Waals surface area contributed by atoms with Crippen LogP contribution in [0.2, 0.25) is 0 Å². The number of nitrogen functional groups attached to an aromatic ring is 1. The summed E-state index contributed by atoms with van der Waals surface area (Å²) in [5.41, 5.74) is 6.44. The first kappa shape index (κ1) is 9.59. The highest BCUT2D eigenvalue weighted by molar-refractivity contribution is 7.71. The van der Waals surface area contributed by atoms with Gasteiger partial charge >= 0.3 is 5.97 Å². The van der Waals surface area contributed by atoms with E-state index in [9.17, 15) is 4.79 Å². The van der Waals surface area contributed by atoms with E-state index < -0.39 is 5.97 Å². The predicted molar refractivity (Wildman–Crippen MR) is 54.8 cm³/mol. The number of rotatable bonds is 2. The van der Waals surface area contributed by atoms with Crippen LogP contribution in [0.5, 0.6) is 0 Å². The highest BCUT2D eigenvalue weighted by Crippen LogP contribution is 2.15. The Morgan fingerprint density at radius 1 is 1.67 bits per heavy atom. The number of nitrogens with zero attached hydrogens (tertiary/aromatic N) is 3. The van der Waals surface area contributed by atoms with E-state index in [2.05, 4.69) is 15.0 Å². The van der Waals surface area contributed by atoms with Crippen molar-refractivity contribution in [2.75, 3.05) is 5.73 Å². The van der Waals surface area contributed by atoms with Gasteiger partial charge < -0.3 is 15.8 Å². The molecule has 0 aliphatic rings. The Kier molecular flexibility index (Phi) is 2.12. The maximum Gasteiger partial charge on any atom is 0.323 e. The molecule has 0 saturated carbocycles. The highest BCUT2D eigenvalue weighted by Gasteiger charge is 2.10. The molecule has 0 unspecified atom stereocenters. The van der Waals surface area contributed by atoms with Crippen molar-refractivity contribution in [3.63, 3.8) is 0 Å². The minimum atomic E-state index is -0.996. The van der Waals surface area contributed by atoms with Gasteiger partial charge in [-0.1, -0.05) is 0 Å². The summed E-state index contributed by atoms with van der Waals surface area (Å²) in [6.45, 7) is -0.255. The molecule has 0 radical (unpaired) electrons. The molecule has 0 aromatic carbocycles. The Morgan fingerprint density at radius 3 is 3.07 bits per heavy atom. The number of hydrogen-bond donors (Lipinski definition) is 3. The van der Waals surface area contributed by atoms with E-state index in [4.69, 9.17) is 23.1 Å². The molecule has 78 valence electrons. The molecule has 2 rings (SSSR count). The predicted octanol–water partition coefficient (Wildman–Crippen LogP) is 0.156. The summed E-state index contributed by atoms with van der Waals surface area (Å²) in [7, 11) is 0. The van der Waals surface area contributed by atoms with E-state index in [1.165, 1.54) is 10.9 Å². The van der Waals surface area contributed by atoms with Crippen LogP contribution in [0, 0.1) is 4.77 Å². The summed E-state index contributed by atoms with van der Waals surface area (Å²) >= 11 is 4.95. The van der Waals surface area contributed by atoms with Crippen LogP contribution in [0.25, 0.3) is 11.2 Å². The number of hydrogen-bond acceptors (Lipinski definition) is 5. The van der Waals surface area contributed by atoms with Crippen molar-refractivity contribution in [2.24, 2.45) is 0 Å². The Morgan fingerprint density at radius 2 is 2.40 bits per heavy atom. The Labute approximate surface area is 88.6 Å². The fraction of sp³-hybridized carbons (Fsp3) is 0.143. The van der Waals surface area contributed by atoms with Gasteiger partial charge in [0, 0.05) is 0 Å². The zero-order valence-corrected chi connectivity index (χ0v) is 8.28. The number of anilines is 1. The van der Waals surface area contributed by atoms with Crippen LogP contribution in [-0.2, 0) is 11.3 Å². The lowest BCUT2D eigenvalue weighted by Gasteiger charge is -1.98. The number of nitrogens with two attached hydrogens (primary N) is 1. The Bertz CT molecular complexity index is 587. The number of nitrogens with one attached hydrogen (secondary N) is 1. The molecule has 4 N–H and O–H groups in total. The summed E-state index contributed by atoms with van der Waals surface area (Å²) < 4.78 is 1.62. The van der Waals surface area contributed by atoms with Crippen LogP contribution in [0.4, 0.5) is 5.82 Å². The molecule has 0 aliphatic carbocycles. The van der Waals surface area contributed by atoms with E-state index in [1.807, 2.05) is 0 Å². The van der Waals surface area contributed by atoms with E-state index in [-0.39, 0.29) is 17.1 Å². The molecule has 8 heteroatoms. The van der Waals surface area contributed by atoms with Crippen molar-refractivity contribution >= 4 is 35.2 Å². The topological polar surface area (TPSA) is 110 Å². The lowest BCUT2D eigenvalue weighted by Crippen LogP contribution is -2.09. The van der Waals surface area contributed by atoms with Gasteiger partial charge in [0.05, 0.1) is 0 Å². The lowest BCUT2D eigenvalue weighted by atomic mass is 10.5. The summed E-state index contributed by atoms with van der Waals surface area (Å²) in [5, 5.41) is 8.68. The van der Waals surface area contributed by atoms with Crippen LogP contribution in [0.15, 0.2) is 6.33 Å². The van der Waals surface area contributed by atoms with Crippen molar-refractivity contribution in [3.8, 4) is 0 Å². The number of aromatic nitrogens is 4. The first-order valence-corrected chi connectivity index (χ1v) is 4.41. The first-order chi connectivity index (χ1) is 7.09. The third kappa shape index (κ3) is 1.54. The largest absolute Gasteiger partial charge is 0.480 e. The van der Waals surface area contributed by atoms with Gasteiger partial charge in [0.25, 0.3) is 0 Å². The molecule has 2 heterocycles. The zero-order chi connectivity index (χ0) is 11.0. The number of aliphatic carboxylic acids is 1. The van der Waals surface area contributed by atoms with Gasteiger partial charge in [-0.2, -0.15) is 0 Å². The monoisotopic (exact) mass is 225 g/mol. The average molecular weight is 225 g/mol. The van der Waals surface area contributed by atoms with Crippen LogP contribution in [-0.4, -0.2) is 30.6 Å². The van der Waals surface area contributed by atoms with Crippen molar-refractivity contribution in [1.82, 2.24) is 19.5 Å². The number of aromatic amines is 1. The number of fused-ring (bicyclic) bond motifs is 1. The Balaban J connectivity index is 2.74. The number of carboxylic acids is 1. The standard InChI is InChI=1S/C7H7N5O2S/c8-5-4-6(10-2-9-5)12(1-3(13)14)7(15)11-4/h2H,1H2,(H,11,15)(H,13,14)(H2,8,9,10). The highest BCUT2D eigenvalue weighted by atomic mass is 32.1. The molecule has 7 nitrogen and oxygen atoms in total. The van der Waals surface area contributed by atoms with Crippen molar-refractivity contribution < 1.29 is 9.90 Å². The van der Waals surface area contributed by atoms with Gasteiger partial charge in [-0.25, -0.2) is 9.97 Å². The number of carboxylic acid groups (broad SMARTS) is 1. The third-order valence-electron chi connectivity index (χ3n) is 1.88. The van der Waals surface area contributed by atoms with Gasteiger partial charge in [0.15, 0.2) is 16.2 Å². The van der Waals surface area contributed by atoms with Crippen LogP contribution in [0.3, 0.4) is 0 Å². The molecule has 0 atom stereocenters. The number of imidazole rings is 1. The number of carbonyl (C=O) groups is 1. The third-order valence-corrected chi connectivity index (χ3v) is 2.21. The molecule has 0 aliphatic heterocycles. The maximum absolute atomic E-state index is 10.6. The van der Waals surface area contributed by atoms with Crippen molar-refractivity contribution in [1.29, 1.82) is 0 Å². The first-order valence-electron chi connectivity index (χ1n) is 4.00. The van der Waals surface area contributed by atoms with Gasteiger partial charge in [-0.15, -0.1) is 0 Å².